The molecule has 20 nitrogen and oxygen atoms in total. The van der Waals surface area contributed by atoms with Crippen molar-refractivity contribution in [3.05, 3.63) is 0 Å². The normalized spacial score (nSPS) is 13.4. The van der Waals surface area contributed by atoms with Crippen LogP contribution >= 0.6 is 47.0 Å². The highest BCUT2D eigenvalue weighted by atomic mass is 32.2. The van der Waals surface area contributed by atoms with Gasteiger partial charge in [0.05, 0.1) is 0 Å². The Kier molecular flexibility index (Phi) is 35.5. The highest BCUT2D eigenvalue weighted by Crippen LogP contribution is 2.17. The van der Waals surface area contributed by atoms with Crippen LogP contribution < -0.4 is 26.6 Å². The minimum atomic E-state index is -0.630. The first kappa shape index (κ1) is 72.4. The molecule has 4 atom stereocenters. The molecule has 0 aromatic heterocycles. The number of thioether (sulfide) groups is 4. The molecule has 0 spiro atoms. The van der Waals surface area contributed by atoms with Crippen LogP contribution in [0.15, 0.2) is 0 Å². The Morgan fingerprint density at radius 3 is 0.895 bits per heavy atom. The fourth-order valence-corrected chi connectivity index (χ4v) is 10.1. The van der Waals surface area contributed by atoms with Crippen molar-refractivity contribution in [2.24, 2.45) is 23.7 Å². The standard InChI is InChI=1S/C52H98N8O12S4/c1-18-58(42(62)38(3)34-74-30-21-55-46(66)70-50(9,10)11)25-26-60(44(64)40(5)36-76-32-23-57-48(68)72-52(15,16)17)28-27-59(43(63)39(4)35-75-31-22-56-47(67)71-51(12,13)14)24-19-53-41(61)37(2)33-73-29-20-54-45(65)69-49(6,7)8/h37-40H,18-36H2,1-17H3,(H,53,61)(H,54,65)(H,55,66)(H,56,67)(H,57,68). The number of amides is 8. The number of ether oxygens (including phenoxy) is 4. The quantitative estimate of drug-likeness (QED) is 0.0316. The van der Waals surface area contributed by atoms with Gasteiger partial charge in [-0.25, -0.2) is 19.2 Å². The van der Waals surface area contributed by atoms with Gasteiger partial charge in [0.1, 0.15) is 22.4 Å². The van der Waals surface area contributed by atoms with Gasteiger partial charge in [-0.15, -0.1) is 0 Å². The number of hydrogen-bond donors (Lipinski definition) is 5. The zero-order chi connectivity index (χ0) is 58.3. The van der Waals surface area contributed by atoms with E-state index in [1.54, 1.807) is 110 Å². The van der Waals surface area contributed by atoms with E-state index in [-0.39, 0.29) is 74.7 Å². The Bertz CT molecular complexity index is 1770. The second kappa shape index (κ2) is 37.3. The number of alkyl carbamates (subject to hydrolysis) is 4. The Balaban J connectivity index is 6.17. The minimum absolute atomic E-state index is 0.0612. The van der Waals surface area contributed by atoms with E-state index in [0.29, 0.717) is 78.7 Å². The summed E-state index contributed by atoms with van der Waals surface area (Å²) in [7, 11) is 0. The summed E-state index contributed by atoms with van der Waals surface area (Å²) in [5.74, 6) is 2.11. The molecule has 0 saturated heterocycles. The maximum Gasteiger partial charge on any atom is 0.407 e. The first-order valence-electron chi connectivity index (χ1n) is 26.5. The molecule has 5 N–H and O–H groups in total. The van der Waals surface area contributed by atoms with Crippen molar-refractivity contribution in [1.82, 2.24) is 41.3 Å². The van der Waals surface area contributed by atoms with E-state index in [2.05, 4.69) is 26.6 Å². The lowest BCUT2D eigenvalue weighted by molar-refractivity contribution is -0.140. The van der Waals surface area contributed by atoms with Gasteiger partial charge in [0.25, 0.3) is 0 Å². The van der Waals surface area contributed by atoms with E-state index < -0.39 is 58.6 Å². The zero-order valence-corrected chi connectivity index (χ0v) is 52.4. The van der Waals surface area contributed by atoms with Crippen LogP contribution in [-0.2, 0) is 38.1 Å². The number of rotatable bonds is 34. The first-order chi connectivity index (χ1) is 35.1. The largest absolute Gasteiger partial charge is 0.444 e. The monoisotopic (exact) mass is 1150 g/mol. The summed E-state index contributed by atoms with van der Waals surface area (Å²) in [6.45, 7) is 33.8. The average Bonchev–Trinajstić information content (AvgIpc) is 3.28. The Labute approximate surface area is 473 Å². The number of nitrogens with zero attached hydrogens (tertiary/aromatic N) is 3. The predicted molar refractivity (Wildman–Crippen MR) is 311 cm³/mol. The van der Waals surface area contributed by atoms with Crippen LogP contribution in [0.2, 0.25) is 0 Å². The van der Waals surface area contributed by atoms with Crippen molar-refractivity contribution < 1.29 is 57.3 Å². The third-order valence-corrected chi connectivity index (χ3v) is 15.0. The van der Waals surface area contributed by atoms with Gasteiger partial charge in [-0.05, 0) is 90.0 Å². The second-order valence-corrected chi connectivity index (χ2v) is 27.1. The SMILES string of the molecule is CCN(CCN(CCN(CCNC(=O)C(C)CSCCNC(=O)OC(C)(C)C)C(=O)C(C)CSCCNC(=O)OC(C)(C)C)C(=O)C(C)CSCCNC(=O)OC(C)(C)C)C(=O)C(C)CSCCNC(=O)OC(C)(C)C. The molecule has 0 aromatic rings. The first-order valence-corrected chi connectivity index (χ1v) is 31.1. The molecule has 0 aliphatic heterocycles. The lowest BCUT2D eigenvalue weighted by Crippen LogP contribution is -2.49. The van der Waals surface area contributed by atoms with Crippen molar-refractivity contribution in [3.63, 3.8) is 0 Å². The molecule has 0 aromatic carbocycles. The van der Waals surface area contributed by atoms with Crippen molar-refractivity contribution in [3.8, 4) is 0 Å². The van der Waals surface area contributed by atoms with Crippen molar-refractivity contribution in [1.29, 1.82) is 0 Å². The van der Waals surface area contributed by atoms with Gasteiger partial charge >= 0.3 is 24.4 Å². The molecule has 442 valence electrons. The van der Waals surface area contributed by atoms with Gasteiger partial charge in [-0.3, -0.25) is 19.2 Å². The Morgan fingerprint density at radius 1 is 0.368 bits per heavy atom. The molecule has 0 aliphatic carbocycles. The van der Waals surface area contributed by atoms with Gasteiger partial charge < -0.3 is 60.2 Å². The molecule has 76 heavy (non-hydrogen) atoms. The smallest absolute Gasteiger partial charge is 0.407 e. The molecule has 0 fully saturated rings. The molecule has 0 saturated carbocycles. The Hall–Kier alpha value is -3.64. The number of nitrogens with one attached hydrogen (secondary N) is 5. The summed E-state index contributed by atoms with van der Waals surface area (Å²) < 4.78 is 21.2. The van der Waals surface area contributed by atoms with E-state index in [1.165, 1.54) is 35.3 Å². The third kappa shape index (κ3) is 38.0. The van der Waals surface area contributed by atoms with Gasteiger partial charge in [0, 0.05) is 142 Å². The number of carbonyl (C=O) groups is 8. The summed E-state index contributed by atoms with van der Waals surface area (Å²) >= 11 is 6.11. The summed E-state index contributed by atoms with van der Waals surface area (Å²) in [5.41, 5.74) is -2.47. The van der Waals surface area contributed by atoms with Crippen molar-refractivity contribution >= 4 is 95.0 Å². The van der Waals surface area contributed by atoms with Crippen LogP contribution in [0.3, 0.4) is 0 Å². The number of carbonyl (C=O) groups excluding carboxylic acids is 8. The molecule has 0 radical (unpaired) electrons. The molecule has 4 unspecified atom stereocenters. The average molecular weight is 1160 g/mol. The Morgan fingerprint density at radius 2 is 0.618 bits per heavy atom. The summed E-state index contributed by atoms with van der Waals surface area (Å²) in [4.78, 5) is 109. The highest BCUT2D eigenvalue weighted by Gasteiger charge is 2.28. The predicted octanol–water partition coefficient (Wildman–Crippen LogP) is 7.18. The van der Waals surface area contributed by atoms with Crippen LogP contribution in [0.1, 0.15) is 118 Å². The lowest BCUT2D eigenvalue weighted by atomic mass is 10.1. The van der Waals surface area contributed by atoms with Gasteiger partial charge in [0.15, 0.2) is 0 Å². The van der Waals surface area contributed by atoms with E-state index in [0.717, 1.165) is 0 Å². The van der Waals surface area contributed by atoms with Crippen LogP contribution in [0.25, 0.3) is 0 Å². The van der Waals surface area contributed by atoms with E-state index in [4.69, 9.17) is 18.9 Å². The topological polar surface area (TPSA) is 243 Å². The zero-order valence-electron chi connectivity index (χ0n) is 49.1. The minimum Gasteiger partial charge on any atom is -0.444 e. The molecule has 8 amide bonds. The maximum absolute atomic E-state index is 14.4. The number of hydrogen-bond acceptors (Lipinski definition) is 16. The van der Waals surface area contributed by atoms with Gasteiger partial charge in [-0.2, -0.15) is 47.0 Å². The van der Waals surface area contributed by atoms with Crippen LogP contribution in [-0.4, -0.2) is 203 Å². The highest BCUT2D eigenvalue weighted by molar-refractivity contribution is 7.99. The van der Waals surface area contributed by atoms with Crippen LogP contribution in [0.4, 0.5) is 19.2 Å². The molecule has 0 aliphatic rings. The van der Waals surface area contributed by atoms with E-state index >= 15 is 0 Å². The summed E-state index contributed by atoms with van der Waals surface area (Å²) in [5, 5.41) is 13.9. The molecule has 0 rings (SSSR count). The fraction of sp³-hybridized carbons (Fsp3) is 0.846. The van der Waals surface area contributed by atoms with Gasteiger partial charge in [-0.1, -0.05) is 27.7 Å². The summed E-state index contributed by atoms with van der Waals surface area (Å²) in [6, 6.07) is 0. The van der Waals surface area contributed by atoms with Crippen molar-refractivity contribution in [2.75, 3.05) is 118 Å². The van der Waals surface area contributed by atoms with Crippen LogP contribution in [0.5, 0.6) is 0 Å². The van der Waals surface area contributed by atoms with Crippen LogP contribution in [0, 0.1) is 23.7 Å². The lowest BCUT2D eigenvalue weighted by Gasteiger charge is -2.33. The summed E-state index contributed by atoms with van der Waals surface area (Å²) in [6.07, 6.45) is -2.03. The number of likely N-dealkylation sites (N-methyl/N-ethyl adjacent to an activating group) is 1. The molecular formula is C52H98N8O12S4. The third-order valence-electron chi connectivity index (χ3n) is 10.1. The molecule has 0 heterocycles. The van der Waals surface area contributed by atoms with E-state index in [1.807, 2.05) is 34.6 Å². The maximum atomic E-state index is 14.4. The van der Waals surface area contributed by atoms with Gasteiger partial charge in [0.2, 0.25) is 23.6 Å². The molecule has 24 heteroatoms. The molecule has 0 bridgehead atoms. The second-order valence-electron chi connectivity index (χ2n) is 22.5. The fourth-order valence-electron chi connectivity index (χ4n) is 6.48. The van der Waals surface area contributed by atoms with Crippen molar-refractivity contribution in [2.45, 2.75) is 140 Å². The molecular weight excluding hydrogens is 1060 g/mol. The van der Waals surface area contributed by atoms with E-state index in [9.17, 15) is 38.4 Å².